The summed E-state index contributed by atoms with van der Waals surface area (Å²) in [7, 11) is 0. The van der Waals surface area contributed by atoms with Crippen molar-refractivity contribution in [2.45, 2.75) is 28.9 Å². The third-order valence-corrected chi connectivity index (χ3v) is 5.38. The molecule has 2 fully saturated rings. The number of hydrogen-bond acceptors (Lipinski definition) is 8. The van der Waals surface area contributed by atoms with Crippen molar-refractivity contribution in [1.29, 1.82) is 5.26 Å². The molecule has 0 bridgehead atoms. The van der Waals surface area contributed by atoms with Crippen LogP contribution < -0.4 is 4.90 Å². The molecule has 0 amide bonds. The predicted molar refractivity (Wildman–Crippen MR) is 93.3 cm³/mol. The van der Waals surface area contributed by atoms with Gasteiger partial charge in [-0.2, -0.15) is 5.26 Å². The number of aromatic nitrogens is 3. The number of anilines is 1. The van der Waals surface area contributed by atoms with Gasteiger partial charge in [0.15, 0.2) is 5.16 Å². The van der Waals surface area contributed by atoms with E-state index in [1.165, 1.54) is 23.9 Å². The van der Waals surface area contributed by atoms with Crippen LogP contribution in [0.3, 0.4) is 0 Å². The Morgan fingerprint density at radius 3 is 2.73 bits per heavy atom. The molecule has 134 valence electrons. The Hall–Kier alpha value is -2.64. The van der Waals surface area contributed by atoms with Crippen LogP contribution in [0.25, 0.3) is 0 Å². The van der Waals surface area contributed by atoms with Crippen molar-refractivity contribution in [3.05, 3.63) is 33.9 Å². The molecule has 4 rings (SSSR count). The number of nitrogens with zero attached hydrogens (tertiary/aromatic N) is 6. The maximum atomic E-state index is 10.9. The van der Waals surface area contributed by atoms with Gasteiger partial charge in [-0.05, 0) is 30.7 Å². The van der Waals surface area contributed by atoms with E-state index in [-0.39, 0.29) is 11.3 Å². The molecule has 1 saturated heterocycles. The number of nitro groups is 1. The van der Waals surface area contributed by atoms with Gasteiger partial charge in [0.2, 0.25) is 5.95 Å². The maximum Gasteiger partial charge on any atom is 0.270 e. The maximum absolute atomic E-state index is 10.9. The van der Waals surface area contributed by atoms with Gasteiger partial charge in [-0.1, -0.05) is 0 Å². The number of ether oxygens (including phenoxy) is 1. The largest absolute Gasteiger partial charge is 0.378 e. The highest BCUT2D eigenvalue weighted by molar-refractivity contribution is 7.99. The summed E-state index contributed by atoms with van der Waals surface area (Å²) in [6.07, 6.45) is 2.16. The number of non-ortho nitro benzene ring substituents is 1. The second-order valence-electron chi connectivity index (χ2n) is 6.13. The lowest BCUT2D eigenvalue weighted by Crippen LogP contribution is -2.38. The number of rotatable bonds is 5. The monoisotopic (exact) mass is 372 g/mol. The Balaban J connectivity index is 1.66. The fourth-order valence-corrected chi connectivity index (χ4v) is 3.83. The van der Waals surface area contributed by atoms with Gasteiger partial charge in [-0.15, -0.1) is 10.2 Å². The highest BCUT2D eigenvalue weighted by Gasteiger charge is 2.32. The van der Waals surface area contributed by atoms with E-state index >= 15 is 0 Å². The van der Waals surface area contributed by atoms with Crippen molar-refractivity contribution >= 4 is 23.4 Å². The second-order valence-corrected chi connectivity index (χ2v) is 7.14. The van der Waals surface area contributed by atoms with Crippen LogP contribution in [0.15, 0.2) is 28.3 Å². The van der Waals surface area contributed by atoms with Gasteiger partial charge in [0, 0.05) is 36.2 Å². The fourth-order valence-electron chi connectivity index (χ4n) is 2.88. The zero-order valence-corrected chi connectivity index (χ0v) is 14.7. The number of hydrogen-bond donors (Lipinski definition) is 0. The van der Waals surface area contributed by atoms with Crippen molar-refractivity contribution < 1.29 is 9.66 Å². The lowest BCUT2D eigenvalue weighted by Gasteiger charge is -2.27. The molecule has 10 heteroatoms. The number of nitro benzene ring substituents is 1. The van der Waals surface area contributed by atoms with Crippen LogP contribution in [0.2, 0.25) is 0 Å². The first-order chi connectivity index (χ1) is 12.7. The highest BCUT2D eigenvalue weighted by Crippen LogP contribution is 2.43. The molecular weight excluding hydrogens is 356 g/mol. The lowest BCUT2D eigenvalue weighted by atomic mass is 10.2. The van der Waals surface area contributed by atoms with Crippen LogP contribution in [0.5, 0.6) is 0 Å². The summed E-state index contributed by atoms with van der Waals surface area (Å²) in [5, 5.41) is 29.7. The first-order valence-electron chi connectivity index (χ1n) is 8.31. The molecule has 1 saturated carbocycles. The lowest BCUT2D eigenvalue weighted by molar-refractivity contribution is -0.384. The van der Waals surface area contributed by atoms with Crippen LogP contribution >= 0.6 is 11.8 Å². The number of benzene rings is 1. The van der Waals surface area contributed by atoms with E-state index in [0.717, 1.165) is 31.9 Å². The molecule has 0 radical (unpaired) electrons. The van der Waals surface area contributed by atoms with Crippen molar-refractivity contribution in [3.63, 3.8) is 0 Å². The van der Waals surface area contributed by atoms with Crippen LogP contribution in [0.1, 0.15) is 24.4 Å². The first kappa shape index (κ1) is 16.8. The zero-order chi connectivity index (χ0) is 18.1. The molecule has 2 aromatic rings. The van der Waals surface area contributed by atoms with Gasteiger partial charge >= 0.3 is 0 Å². The van der Waals surface area contributed by atoms with Crippen LogP contribution in [-0.2, 0) is 4.74 Å². The fraction of sp³-hybridized carbons (Fsp3) is 0.438. The van der Waals surface area contributed by atoms with E-state index in [1.807, 2.05) is 6.07 Å². The van der Waals surface area contributed by atoms with Crippen molar-refractivity contribution in [2.24, 2.45) is 0 Å². The summed E-state index contributed by atoms with van der Waals surface area (Å²) >= 11 is 1.33. The van der Waals surface area contributed by atoms with E-state index in [2.05, 4.69) is 19.7 Å². The standard InChI is InChI=1S/C16H16N6O3S/c17-10-11-9-13(22(23)24)3-4-14(11)26-16-19-18-15(21(16)12-1-2-12)20-5-7-25-8-6-20/h3-4,9,12H,1-2,5-8H2. The molecular formula is C16H16N6O3S. The van der Waals surface area contributed by atoms with Gasteiger partial charge in [0.1, 0.15) is 6.07 Å². The smallest absolute Gasteiger partial charge is 0.270 e. The molecule has 1 aliphatic heterocycles. The van der Waals surface area contributed by atoms with Gasteiger partial charge in [-0.3, -0.25) is 14.7 Å². The quantitative estimate of drug-likeness (QED) is 0.581. The molecule has 1 aliphatic carbocycles. The number of nitriles is 1. The Labute approximate surface area is 153 Å². The van der Waals surface area contributed by atoms with Crippen molar-refractivity contribution in [1.82, 2.24) is 14.8 Å². The Morgan fingerprint density at radius 1 is 1.31 bits per heavy atom. The highest BCUT2D eigenvalue weighted by atomic mass is 32.2. The molecule has 2 heterocycles. The zero-order valence-electron chi connectivity index (χ0n) is 13.9. The summed E-state index contributed by atoms with van der Waals surface area (Å²) in [4.78, 5) is 13.2. The minimum Gasteiger partial charge on any atom is -0.378 e. The Kier molecular flexibility index (Phi) is 4.48. The van der Waals surface area contributed by atoms with Gasteiger partial charge in [0.05, 0.1) is 23.7 Å². The van der Waals surface area contributed by atoms with Crippen LogP contribution in [0, 0.1) is 21.4 Å². The molecule has 1 aromatic carbocycles. The summed E-state index contributed by atoms with van der Waals surface area (Å²) in [6.45, 7) is 2.88. The summed E-state index contributed by atoms with van der Waals surface area (Å²) in [5.74, 6) is 0.832. The van der Waals surface area contributed by atoms with Crippen molar-refractivity contribution in [3.8, 4) is 6.07 Å². The first-order valence-corrected chi connectivity index (χ1v) is 9.13. The average Bonchev–Trinajstić information content (AvgIpc) is 3.42. The Bertz CT molecular complexity index is 883. The Morgan fingerprint density at radius 2 is 2.08 bits per heavy atom. The van der Waals surface area contributed by atoms with Gasteiger partial charge < -0.3 is 9.64 Å². The normalized spacial score (nSPS) is 17.1. The molecule has 0 atom stereocenters. The summed E-state index contributed by atoms with van der Waals surface area (Å²) in [5.41, 5.74) is 0.172. The van der Waals surface area contributed by atoms with E-state index in [0.29, 0.717) is 29.3 Å². The third kappa shape index (κ3) is 3.23. The molecule has 0 N–H and O–H groups in total. The average molecular weight is 372 g/mol. The molecule has 0 unspecified atom stereocenters. The van der Waals surface area contributed by atoms with E-state index in [4.69, 9.17) is 4.74 Å². The third-order valence-electron chi connectivity index (χ3n) is 4.35. The topological polar surface area (TPSA) is 110 Å². The molecule has 0 spiro atoms. The van der Waals surface area contributed by atoms with Gasteiger partial charge in [-0.25, -0.2) is 0 Å². The summed E-state index contributed by atoms with van der Waals surface area (Å²) in [6, 6.07) is 6.71. The second kappa shape index (κ2) is 6.93. The van der Waals surface area contributed by atoms with E-state index < -0.39 is 4.92 Å². The van der Waals surface area contributed by atoms with Crippen LogP contribution in [-0.4, -0.2) is 46.0 Å². The predicted octanol–water partition coefficient (Wildman–Crippen LogP) is 2.38. The molecule has 9 nitrogen and oxygen atoms in total. The van der Waals surface area contributed by atoms with Gasteiger partial charge in [0.25, 0.3) is 5.69 Å². The minimum absolute atomic E-state index is 0.0939. The number of morpholine rings is 1. The summed E-state index contributed by atoms with van der Waals surface area (Å²) < 4.78 is 7.53. The molecule has 1 aromatic heterocycles. The molecule has 2 aliphatic rings. The van der Waals surface area contributed by atoms with E-state index in [9.17, 15) is 15.4 Å². The van der Waals surface area contributed by atoms with Crippen LogP contribution in [0.4, 0.5) is 11.6 Å². The van der Waals surface area contributed by atoms with E-state index in [1.54, 1.807) is 6.07 Å². The minimum atomic E-state index is -0.501. The SMILES string of the molecule is N#Cc1cc([N+](=O)[O-])ccc1Sc1nnc(N2CCOCC2)n1C1CC1. The molecule has 26 heavy (non-hydrogen) atoms. The van der Waals surface area contributed by atoms with Crippen molar-refractivity contribution in [2.75, 3.05) is 31.2 Å².